The highest BCUT2D eigenvalue weighted by Gasteiger charge is 2.46. The summed E-state index contributed by atoms with van der Waals surface area (Å²) in [4.78, 5) is 78.0. The number of piperidine rings is 3. The number of carbonyl (C=O) groups excluding carboxylic acids is 5. The molecule has 12 nitrogen and oxygen atoms in total. The molecule has 6 heterocycles. The first-order valence-corrected chi connectivity index (χ1v) is 20.5. The van der Waals surface area contributed by atoms with Gasteiger partial charge in [-0.2, -0.15) is 0 Å². The normalized spacial score (nSPS) is 23.6. The van der Waals surface area contributed by atoms with E-state index >= 15 is 0 Å². The molecule has 0 radical (unpaired) electrons. The number of halogens is 1. The summed E-state index contributed by atoms with van der Waals surface area (Å²) in [6.07, 6.45) is 5.41. The van der Waals surface area contributed by atoms with Gasteiger partial charge in [-0.25, -0.2) is 4.85 Å². The van der Waals surface area contributed by atoms with Crippen molar-refractivity contribution in [3.8, 4) is 0 Å². The van der Waals surface area contributed by atoms with E-state index in [9.17, 15) is 24.0 Å². The Bertz CT molecular complexity index is 2180. The highest BCUT2D eigenvalue weighted by molar-refractivity contribution is 6.33. The molecule has 0 aliphatic carbocycles. The maximum Gasteiger partial charge on any atom is 0.262 e. The van der Waals surface area contributed by atoms with Crippen molar-refractivity contribution in [2.75, 3.05) is 49.1 Å². The number of anilines is 2. The molecule has 1 unspecified atom stereocenters. The van der Waals surface area contributed by atoms with Gasteiger partial charge in [-0.1, -0.05) is 17.7 Å². The Morgan fingerprint density at radius 3 is 2.14 bits per heavy atom. The number of hydrogen-bond acceptors (Lipinski definition) is 8. The largest absolute Gasteiger partial charge is 0.371 e. The lowest BCUT2D eigenvalue weighted by Gasteiger charge is -2.40. The predicted octanol–water partition coefficient (Wildman–Crippen LogP) is 6.05. The molecule has 0 bridgehead atoms. The van der Waals surface area contributed by atoms with Gasteiger partial charge in [0.1, 0.15) is 6.04 Å². The van der Waals surface area contributed by atoms with Crippen LogP contribution in [0.4, 0.5) is 17.1 Å². The number of benzene rings is 3. The lowest BCUT2D eigenvalue weighted by atomic mass is 9.76. The third-order valence-electron chi connectivity index (χ3n) is 13.4. The summed E-state index contributed by atoms with van der Waals surface area (Å²) in [5, 5.41) is 2.76. The fourth-order valence-electron chi connectivity index (χ4n) is 10.3. The maximum atomic E-state index is 13.6. The van der Waals surface area contributed by atoms with E-state index in [2.05, 4.69) is 43.9 Å². The van der Waals surface area contributed by atoms with E-state index in [1.165, 1.54) is 0 Å². The monoisotopic (exact) mass is 787 g/mol. The molecular formula is C44H46ClN7O5. The number of hydrogen-bond donors (Lipinski definition) is 1. The van der Waals surface area contributed by atoms with Gasteiger partial charge in [0.15, 0.2) is 0 Å². The number of nitrogens with one attached hydrogen (secondary N) is 1. The molecule has 1 N–H and O–H groups in total. The summed E-state index contributed by atoms with van der Waals surface area (Å²) in [6.45, 7) is 16.2. The van der Waals surface area contributed by atoms with Crippen LogP contribution in [0.5, 0.6) is 0 Å². The molecule has 3 aromatic carbocycles. The van der Waals surface area contributed by atoms with Crippen LogP contribution in [0.1, 0.15) is 94.1 Å². The van der Waals surface area contributed by atoms with E-state index in [1.54, 1.807) is 0 Å². The standard InChI is InChI=1S/C44H46ClN7O5/c1-27-22-44(26-51(27)33-7-8-37(46-2)36(45)21-33)13-17-49(18-14-44)32-5-3-29(4-6-32)41(55)50-15-11-28(12-16-50)23-48-24-30-19-34-35(20-31(30)25-48)43(57)52(42(34)56)38-9-10-39(53)47-40(38)54/h3-8,19-21,27-28,38H,9-18,22-26H2,1H3,(H,47,53,54)/t27-,38?/m1/s1. The van der Waals surface area contributed by atoms with Crippen molar-refractivity contribution < 1.29 is 24.0 Å². The number of nitrogens with zero attached hydrogens (tertiary/aromatic N) is 6. The molecule has 4 fully saturated rings. The number of likely N-dealkylation sites (tertiary alicyclic amines) is 1. The van der Waals surface area contributed by atoms with Crippen molar-refractivity contribution in [1.82, 2.24) is 20.0 Å². The fraction of sp³-hybridized carbons (Fsp3) is 0.455. The van der Waals surface area contributed by atoms with E-state index in [-0.39, 0.29) is 30.1 Å². The highest BCUT2D eigenvalue weighted by Crippen LogP contribution is 2.46. The second-order valence-corrected chi connectivity index (χ2v) is 17.4. The molecule has 57 heavy (non-hydrogen) atoms. The molecule has 6 aliphatic rings. The van der Waals surface area contributed by atoms with Gasteiger partial charge in [0.05, 0.1) is 17.7 Å². The van der Waals surface area contributed by atoms with Crippen LogP contribution in [-0.4, -0.2) is 95.6 Å². The van der Waals surface area contributed by atoms with Crippen LogP contribution in [0, 0.1) is 17.9 Å². The Labute approximate surface area is 337 Å². The Balaban J connectivity index is 0.745. The van der Waals surface area contributed by atoms with Gasteiger partial charge in [-0.15, -0.1) is 0 Å². The Morgan fingerprint density at radius 1 is 0.877 bits per heavy atom. The fourth-order valence-corrected chi connectivity index (χ4v) is 10.5. The Morgan fingerprint density at radius 2 is 1.53 bits per heavy atom. The number of fused-ring (bicyclic) bond motifs is 2. The van der Waals surface area contributed by atoms with E-state index < -0.39 is 23.8 Å². The molecule has 9 rings (SSSR count). The molecule has 6 aliphatic heterocycles. The van der Waals surface area contributed by atoms with Crippen molar-refractivity contribution in [2.45, 2.75) is 77.0 Å². The van der Waals surface area contributed by atoms with Crippen molar-refractivity contribution in [3.05, 3.63) is 98.9 Å². The van der Waals surface area contributed by atoms with Crippen LogP contribution in [-0.2, 0) is 22.7 Å². The second kappa shape index (κ2) is 14.6. The van der Waals surface area contributed by atoms with Gasteiger partial charge in [0.2, 0.25) is 17.5 Å². The molecule has 1 spiro atoms. The minimum absolute atomic E-state index is 0.0749. The van der Waals surface area contributed by atoms with Crippen molar-refractivity contribution in [2.24, 2.45) is 11.3 Å². The lowest BCUT2D eigenvalue weighted by Crippen LogP contribution is -2.54. The first kappa shape index (κ1) is 37.3. The van der Waals surface area contributed by atoms with Crippen LogP contribution >= 0.6 is 11.6 Å². The van der Waals surface area contributed by atoms with Gasteiger partial charge in [-0.05, 0) is 116 Å². The quantitative estimate of drug-likeness (QED) is 0.237. The average molecular weight is 788 g/mol. The smallest absolute Gasteiger partial charge is 0.262 e. The summed E-state index contributed by atoms with van der Waals surface area (Å²) >= 11 is 6.38. The zero-order valence-corrected chi connectivity index (χ0v) is 32.9. The van der Waals surface area contributed by atoms with E-state index in [1.807, 2.05) is 47.4 Å². The van der Waals surface area contributed by atoms with Gasteiger partial charge in [0.25, 0.3) is 17.7 Å². The molecule has 0 aromatic heterocycles. The predicted molar refractivity (Wildman–Crippen MR) is 215 cm³/mol. The van der Waals surface area contributed by atoms with Crippen molar-refractivity contribution in [1.29, 1.82) is 0 Å². The number of carbonyl (C=O) groups is 5. The molecule has 3 aromatic rings. The molecule has 13 heteroatoms. The molecule has 0 saturated carbocycles. The number of imide groups is 2. The minimum Gasteiger partial charge on any atom is -0.371 e. The van der Waals surface area contributed by atoms with E-state index in [4.69, 9.17) is 18.2 Å². The van der Waals surface area contributed by atoms with Crippen LogP contribution in [0.15, 0.2) is 54.6 Å². The van der Waals surface area contributed by atoms with E-state index in [0.717, 1.165) is 91.2 Å². The summed E-state index contributed by atoms with van der Waals surface area (Å²) in [5.74, 6) is -1.43. The van der Waals surface area contributed by atoms with Gasteiger partial charge in [-0.3, -0.25) is 39.1 Å². The van der Waals surface area contributed by atoms with Crippen molar-refractivity contribution in [3.63, 3.8) is 0 Å². The first-order chi connectivity index (χ1) is 27.5. The lowest BCUT2D eigenvalue weighted by molar-refractivity contribution is -0.136. The topological polar surface area (TPSA) is 118 Å². The van der Waals surface area contributed by atoms with Gasteiger partial charge in [0, 0.05) is 86.8 Å². The molecule has 4 saturated heterocycles. The summed E-state index contributed by atoms with van der Waals surface area (Å²) in [6, 6.07) is 17.0. The average Bonchev–Trinajstić information content (AvgIpc) is 3.84. The van der Waals surface area contributed by atoms with Crippen LogP contribution in [0.25, 0.3) is 4.85 Å². The third-order valence-corrected chi connectivity index (χ3v) is 13.7. The van der Waals surface area contributed by atoms with E-state index in [0.29, 0.717) is 60.0 Å². The van der Waals surface area contributed by atoms with Crippen LogP contribution in [0.2, 0.25) is 5.02 Å². The summed E-state index contributed by atoms with van der Waals surface area (Å²) in [5.41, 5.74) is 6.41. The number of amides is 5. The second-order valence-electron chi connectivity index (χ2n) is 17.0. The molecule has 5 amide bonds. The molecular weight excluding hydrogens is 742 g/mol. The summed E-state index contributed by atoms with van der Waals surface area (Å²) in [7, 11) is 0. The first-order valence-electron chi connectivity index (χ1n) is 20.2. The van der Waals surface area contributed by atoms with Crippen molar-refractivity contribution >= 4 is 58.2 Å². The van der Waals surface area contributed by atoms with Crippen LogP contribution in [0.3, 0.4) is 0 Å². The third kappa shape index (κ3) is 6.84. The molecule has 294 valence electrons. The van der Waals surface area contributed by atoms with Gasteiger partial charge < -0.3 is 14.7 Å². The maximum absolute atomic E-state index is 13.6. The minimum atomic E-state index is -0.967. The Hall–Kier alpha value is -5.25. The molecule has 2 atom stereocenters. The summed E-state index contributed by atoms with van der Waals surface area (Å²) < 4.78 is 0. The zero-order valence-electron chi connectivity index (χ0n) is 32.1. The number of rotatable bonds is 6. The zero-order chi connectivity index (χ0) is 39.6. The highest BCUT2D eigenvalue weighted by atomic mass is 35.5. The Kier molecular flexibility index (Phi) is 9.56. The van der Waals surface area contributed by atoms with Gasteiger partial charge >= 0.3 is 0 Å². The van der Waals surface area contributed by atoms with Crippen LogP contribution < -0.4 is 15.1 Å². The SMILES string of the molecule is [C-]#[N+]c1ccc(N2CC3(CCN(c4ccc(C(=O)N5CCC(CN6Cc7cc8c(cc7C6)C(=O)N(C6CCC(=O)NC6=O)C8=O)CC5)cc4)CC3)C[C@H]2C)cc1Cl.